The number of aromatic nitrogens is 2. The van der Waals surface area contributed by atoms with Crippen molar-refractivity contribution in [3.05, 3.63) is 18.0 Å². The lowest BCUT2D eigenvalue weighted by Gasteiger charge is -2.15. The zero-order chi connectivity index (χ0) is 13.0. The third-order valence-corrected chi connectivity index (χ3v) is 3.24. The van der Waals surface area contributed by atoms with Crippen molar-refractivity contribution in [3.8, 4) is 0 Å². The number of hydrogen-bond acceptors (Lipinski definition) is 5. The van der Waals surface area contributed by atoms with E-state index in [9.17, 15) is 4.79 Å². The smallest absolute Gasteiger partial charge is 0.310 e. The third-order valence-electron chi connectivity index (χ3n) is 3.24. The Hall–Kier alpha value is -1.65. The molecule has 1 aromatic rings. The minimum Gasteiger partial charge on any atom is -0.469 e. The molecular formula is C13H19N3O2. The molecule has 1 saturated heterocycles. The van der Waals surface area contributed by atoms with E-state index in [0.29, 0.717) is 12.5 Å². The molecule has 98 valence electrons. The molecule has 0 bridgehead atoms. The minimum atomic E-state index is -0.139. The number of ether oxygens (including phenoxy) is 1. The summed E-state index contributed by atoms with van der Waals surface area (Å²) < 4.78 is 4.76. The van der Waals surface area contributed by atoms with E-state index >= 15 is 0 Å². The molecule has 0 N–H and O–H groups in total. The Balaban J connectivity index is 1.98. The standard InChI is InChI=1S/C13H19N3O2/c1-3-4-10-7-14-13(15-8-10)16-6-5-11(9-16)12(17)18-2/h7-8,11H,3-6,9H2,1-2H3. The van der Waals surface area contributed by atoms with E-state index in [1.165, 1.54) is 7.11 Å². The van der Waals surface area contributed by atoms with Crippen molar-refractivity contribution in [2.75, 3.05) is 25.1 Å². The van der Waals surface area contributed by atoms with Gasteiger partial charge in [0.15, 0.2) is 0 Å². The van der Waals surface area contributed by atoms with Gasteiger partial charge in [-0.05, 0) is 18.4 Å². The molecule has 18 heavy (non-hydrogen) atoms. The Morgan fingerprint density at radius 1 is 1.50 bits per heavy atom. The lowest BCUT2D eigenvalue weighted by atomic mass is 10.1. The molecule has 1 fully saturated rings. The van der Waals surface area contributed by atoms with E-state index in [1.807, 2.05) is 17.3 Å². The summed E-state index contributed by atoms with van der Waals surface area (Å²) in [4.78, 5) is 22.2. The molecule has 2 heterocycles. The predicted octanol–water partition coefficient (Wildman–Crippen LogP) is 1.43. The summed E-state index contributed by atoms with van der Waals surface area (Å²) in [6, 6.07) is 0. The summed E-state index contributed by atoms with van der Waals surface area (Å²) in [6.45, 7) is 3.60. The summed E-state index contributed by atoms with van der Waals surface area (Å²) in [7, 11) is 1.43. The molecule has 1 unspecified atom stereocenters. The van der Waals surface area contributed by atoms with Gasteiger partial charge < -0.3 is 9.64 Å². The molecule has 0 radical (unpaired) electrons. The van der Waals surface area contributed by atoms with Crippen LogP contribution >= 0.6 is 0 Å². The van der Waals surface area contributed by atoms with Gasteiger partial charge in [0.05, 0.1) is 13.0 Å². The molecule has 0 aliphatic carbocycles. The number of hydrogen-bond donors (Lipinski definition) is 0. The van der Waals surface area contributed by atoms with Crippen LogP contribution in [0.3, 0.4) is 0 Å². The maximum atomic E-state index is 11.4. The zero-order valence-corrected chi connectivity index (χ0v) is 10.9. The highest BCUT2D eigenvalue weighted by molar-refractivity contribution is 5.73. The molecular weight excluding hydrogens is 230 g/mol. The second kappa shape index (κ2) is 5.80. The maximum absolute atomic E-state index is 11.4. The number of anilines is 1. The molecule has 0 aromatic carbocycles. The largest absolute Gasteiger partial charge is 0.469 e. The number of carbonyl (C=O) groups excluding carboxylic acids is 1. The van der Waals surface area contributed by atoms with Crippen LogP contribution in [0.25, 0.3) is 0 Å². The summed E-state index contributed by atoms with van der Waals surface area (Å²) in [5.74, 6) is 0.523. The molecule has 0 saturated carbocycles. The predicted molar refractivity (Wildman–Crippen MR) is 68.4 cm³/mol. The van der Waals surface area contributed by atoms with Crippen LogP contribution in [0.4, 0.5) is 5.95 Å². The van der Waals surface area contributed by atoms with Gasteiger partial charge in [0.2, 0.25) is 5.95 Å². The van der Waals surface area contributed by atoms with Crippen LogP contribution in [-0.2, 0) is 16.0 Å². The van der Waals surface area contributed by atoms with Crippen molar-refractivity contribution in [3.63, 3.8) is 0 Å². The van der Waals surface area contributed by atoms with E-state index in [1.54, 1.807) is 0 Å². The van der Waals surface area contributed by atoms with Gasteiger partial charge in [-0.2, -0.15) is 0 Å². The Morgan fingerprint density at radius 2 is 2.22 bits per heavy atom. The van der Waals surface area contributed by atoms with Crippen molar-refractivity contribution >= 4 is 11.9 Å². The number of carbonyl (C=O) groups is 1. The van der Waals surface area contributed by atoms with E-state index in [2.05, 4.69) is 16.9 Å². The summed E-state index contributed by atoms with van der Waals surface area (Å²) in [6.07, 6.45) is 6.66. The average molecular weight is 249 g/mol. The second-order valence-electron chi connectivity index (χ2n) is 4.60. The molecule has 0 amide bonds. The van der Waals surface area contributed by atoms with Crippen LogP contribution in [0, 0.1) is 5.92 Å². The number of nitrogens with zero attached hydrogens (tertiary/aromatic N) is 3. The van der Waals surface area contributed by atoms with Crippen LogP contribution in [0.1, 0.15) is 25.3 Å². The monoisotopic (exact) mass is 249 g/mol. The van der Waals surface area contributed by atoms with Gasteiger partial charge in [-0.1, -0.05) is 13.3 Å². The van der Waals surface area contributed by atoms with Gasteiger partial charge >= 0.3 is 5.97 Å². The molecule has 0 spiro atoms. The first-order chi connectivity index (χ1) is 8.74. The second-order valence-corrected chi connectivity index (χ2v) is 4.60. The molecule has 1 atom stereocenters. The van der Waals surface area contributed by atoms with Crippen molar-refractivity contribution in [2.45, 2.75) is 26.2 Å². The average Bonchev–Trinajstić information content (AvgIpc) is 2.89. The summed E-state index contributed by atoms with van der Waals surface area (Å²) in [5, 5.41) is 0. The van der Waals surface area contributed by atoms with E-state index in [-0.39, 0.29) is 11.9 Å². The fourth-order valence-corrected chi connectivity index (χ4v) is 2.23. The normalized spacial score (nSPS) is 19.0. The molecule has 1 aromatic heterocycles. The highest BCUT2D eigenvalue weighted by Gasteiger charge is 2.30. The Labute approximate surface area is 107 Å². The number of aryl methyl sites for hydroxylation is 1. The van der Waals surface area contributed by atoms with Crippen LogP contribution in [-0.4, -0.2) is 36.1 Å². The first kappa shape index (κ1) is 12.8. The molecule has 2 rings (SSSR count). The van der Waals surface area contributed by atoms with Gasteiger partial charge in [-0.25, -0.2) is 9.97 Å². The maximum Gasteiger partial charge on any atom is 0.310 e. The highest BCUT2D eigenvalue weighted by atomic mass is 16.5. The molecule has 5 nitrogen and oxygen atoms in total. The van der Waals surface area contributed by atoms with Gasteiger partial charge in [0.25, 0.3) is 0 Å². The van der Waals surface area contributed by atoms with Gasteiger partial charge in [-0.3, -0.25) is 4.79 Å². The van der Waals surface area contributed by atoms with E-state index in [0.717, 1.165) is 31.4 Å². The first-order valence-corrected chi connectivity index (χ1v) is 6.38. The summed E-state index contributed by atoms with van der Waals surface area (Å²) in [5.41, 5.74) is 1.16. The fourth-order valence-electron chi connectivity index (χ4n) is 2.23. The topological polar surface area (TPSA) is 55.3 Å². The SMILES string of the molecule is CCCc1cnc(N2CCC(C(=O)OC)C2)nc1. The number of methoxy groups -OCH3 is 1. The van der Waals surface area contributed by atoms with Gasteiger partial charge in [-0.15, -0.1) is 0 Å². The molecule has 5 heteroatoms. The highest BCUT2D eigenvalue weighted by Crippen LogP contribution is 2.21. The Morgan fingerprint density at radius 3 is 2.83 bits per heavy atom. The Bertz CT molecular complexity index is 405. The molecule has 1 aliphatic heterocycles. The quantitative estimate of drug-likeness (QED) is 0.755. The zero-order valence-electron chi connectivity index (χ0n) is 10.9. The Kier molecular flexibility index (Phi) is 4.12. The fraction of sp³-hybridized carbons (Fsp3) is 0.615. The van der Waals surface area contributed by atoms with Crippen LogP contribution in [0.5, 0.6) is 0 Å². The number of esters is 1. The van der Waals surface area contributed by atoms with Crippen LogP contribution < -0.4 is 4.90 Å². The number of rotatable bonds is 4. The van der Waals surface area contributed by atoms with Crippen LogP contribution in [0.2, 0.25) is 0 Å². The van der Waals surface area contributed by atoms with Crippen molar-refractivity contribution in [1.29, 1.82) is 0 Å². The first-order valence-electron chi connectivity index (χ1n) is 6.38. The lowest BCUT2D eigenvalue weighted by Crippen LogP contribution is -2.25. The summed E-state index contributed by atoms with van der Waals surface area (Å²) >= 11 is 0. The van der Waals surface area contributed by atoms with Gasteiger partial charge in [0.1, 0.15) is 0 Å². The van der Waals surface area contributed by atoms with Crippen molar-refractivity contribution < 1.29 is 9.53 Å². The lowest BCUT2D eigenvalue weighted by molar-refractivity contribution is -0.144. The van der Waals surface area contributed by atoms with E-state index < -0.39 is 0 Å². The minimum absolute atomic E-state index is 0.0473. The van der Waals surface area contributed by atoms with Crippen LogP contribution in [0.15, 0.2) is 12.4 Å². The van der Waals surface area contributed by atoms with Crippen molar-refractivity contribution in [1.82, 2.24) is 9.97 Å². The van der Waals surface area contributed by atoms with E-state index in [4.69, 9.17) is 4.74 Å². The van der Waals surface area contributed by atoms with Crippen molar-refractivity contribution in [2.24, 2.45) is 5.92 Å². The van der Waals surface area contributed by atoms with Gasteiger partial charge in [0, 0.05) is 25.5 Å². The third kappa shape index (κ3) is 2.78. The molecule has 1 aliphatic rings.